The molecule has 122 valence electrons. The second-order valence-corrected chi connectivity index (χ2v) is 6.58. The summed E-state index contributed by atoms with van der Waals surface area (Å²) in [5.41, 5.74) is 3.52. The van der Waals surface area contributed by atoms with Crippen molar-refractivity contribution >= 4 is 0 Å². The van der Waals surface area contributed by atoms with E-state index in [9.17, 15) is 4.39 Å². The predicted octanol–water partition coefficient (Wildman–Crippen LogP) is 4.99. The van der Waals surface area contributed by atoms with Gasteiger partial charge in [-0.2, -0.15) is 0 Å². The van der Waals surface area contributed by atoms with E-state index in [4.69, 9.17) is 0 Å². The minimum absolute atomic E-state index is 0.0240. The molecule has 0 unspecified atom stereocenters. The van der Waals surface area contributed by atoms with Crippen molar-refractivity contribution in [1.29, 1.82) is 0 Å². The minimum Gasteiger partial charge on any atom is -0.296 e. The van der Waals surface area contributed by atoms with Crippen LogP contribution in [0.15, 0.2) is 48.5 Å². The molecule has 0 aliphatic heterocycles. The number of rotatable bonds is 6. The van der Waals surface area contributed by atoms with Gasteiger partial charge in [-0.3, -0.25) is 4.90 Å². The maximum Gasteiger partial charge on any atom is 0.126 e. The SMILES string of the molecule is CCCCN(Cc1ccccc1)[C@@H]1CCc2c(F)cccc2C1. The number of halogens is 1. The van der Waals surface area contributed by atoms with Gasteiger partial charge in [0.2, 0.25) is 0 Å². The lowest BCUT2D eigenvalue weighted by Gasteiger charge is -2.35. The van der Waals surface area contributed by atoms with Gasteiger partial charge >= 0.3 is 0 Å². The van der Waals surface area contributed by atoms with E-state index in [1.807, 2.05) is 6.07 Å². The van der Waals surface area contributed by atoms with Crippen molar-refractivity contribution in [3.05, 3.63) is 71.0 Å². The molecular weight excluding hydrogens is 285 g/mol. The number of unbranched alkanes of at least 4 members (excludes halogenated alkanes) is 1. The molecule has 0 aromatic heterocycles. The Morgan fingerprint density at radius 1 is 1.09 bits per heavy atom. The molecule has 1 aliphatic carbocycles. The second-order valence-electron chi connectivity index (χ2n) is 6.58. The highest BCUT2D eigenvalue weighted by Gasteiger charge is 2.25. The van der Waals surface area contributed by atoms with Gasteiger partial charge in [0.25, 0.3) is 0 Å². The van der Waals surface area contributed by atoms with Crippen LogP contribution in [0.2, 0.25) is 0 Å². The molecule has 0 spiro atoms. The summed E-state index contributed by atoms with van der Waals surface area (Å²) in [5.74, 6) is -0.0240. The summed E-state index contributed by atoms with van der Waals surface area (Å²) in [6, 6.07) is 16.8. The van der Waals surface area contributed by atoms with Crippen LogP contribution in [0.1, 0.15) is 42.9 Å². The van der Waals surface area contributed by atoms with Crippen LogP contribution in [0.25, 0.3) is 0 Å². The largest absolute Gasteiger partial charge is 0.296 e. The third kappa shape index (κ3) is 4.00. The van der Waals surface area contributed by atoms with Crippen LogP contribution in [-0.4, -0.2) is 17.5 Å². The van der Waals surface area contributed by atoms with Crippen LogP contribution in [0.3, 0.4) is 0 Å². The normalized spacial score (nSPS) is 17.3. The Labute approximate surface area is 139 Å². The Kier molecular flexibility index (Phi) is 5.45. The smallest absolute Gasteiger partial charge is 0.126 e. The summed E-state index contributed by atoms with van der Waals surface area (Å²) in [6.07, 6.45) is 5.33. The first-order valence-corrected chi connectivity index (χ1v) is 8.82. The maximum atomic E-state index is 13.9. The fraction of sp³-hybridized carbons (Fsp3) is 0.429. The highest BCUT2D eigenvalue weighted by Crippen LogP contribution is 2.27. The Morgan fingerprint density at radius 2 is 1.91 bits per heavy atom. The van der Waals surface area contributed by atoms with Crippen molar-refractivity contribution in [1.82, 2.24) is 4.90 Å². The van der Waals surface area contributed by atoms with E-state index in [1.165, 1.54) is 24.0 Å². The Bertz CT molecular complexity index is 623. The molecular formula is C21H26FN. The third-order valence-corrected chi connectivity index (χ3v) is 4.94. The Hall–Kier alpha value is -1.67. The highest BCUT2D eigenvalue weighted by atomic mass is 19.1. The topological polar surface area (TPSA) is 3.24 Å². The van der Waals surface area contributed by atoms with Gasteiger partial charge in [0.1, 0.15) is 5.82 Å². The van der Waals surface area contributed by atoms with Gasteiger partial charge in [-0.15, -0.1) is 0 Å². The third-order valence-electron chi connectivity index (χ3n) is 4.94. The molecule has 1 atom stereocenters. The maximum absolute atomic E-state index is 13.9. The minimum atomic E-state index is -0.0240. The molecule has 0 N–H and O–H groups in total. The number of hydrogen-bond donors (Lipinski definition) is 0. The van der Waals surface area contributed by atoms with Crippen LogP contribution >= 0.6 is 0 Å². The second kappa shape index (κ2) is 7.74. The van der Waals surface area contributed by atoms with Gasteiger partial charge in [-0.25, -0.2) is 4.39 Å². The average Bonchev–Trinajstić information content (AvgIpc) is 2.59. The van der Waals surface area contributed by atoms with Gasteiger partial charge in [-0.05, 0) is 55.0 Å². The summed E-state index contributed by atoms with van der Waals surface area (Å²) in [6.45, 7) is 4.36. The standard InChI is InChI=1S/C21H26FN/c1-2-3-14-23(16-17-8-5-4-6-9-17)19-12-13-20-18(15-19)10-7-11-21(20)22/h4-11,19H,2-3,12-16H2,1H3/t19-/m1/s1. The molecule has 0 fully saturated rings. The van der Waals surface area contributed by atoms with E-state index in [0.717, 1.165) is 37.9 Å². The van der Waals surface area contributed by atoms with Crippen molar-refractivity contribution in [2.75, 3.05) is 6.54 Å². The van der Waals surface area contributed by atoms with Gasteiger partial charge in [0.05, 0.1) is 0 Å². The zero-order valence-electron chi connectivity index (χ0n) is 14.0. The van der Waals surface area contributed by atoms with E-state index in [1.54, 1.807) is 6.07 Å². The van der Waals surface area contributed by atoms with E-state index in [0.29, 0.717) is 6.04 Å². The lowest BCUT2D eigenvalue weighted by atomic mass is 9.87. The average molecular weight is 311 g/mol. The number of nitrogens with zero attached hydrogens (tertiary/aromatic N) is 1. The molecule has 0 heterocycles. The molecule has 0 amide bonds. The van der Waals surface area contributed by atoms with Gasteiger partial charge < -0.3 is 0 Å². The lowest BCUT2D eigenvalue weighted by Crippen LogP contribution is -2.39. The number of fused-ring (bicyclic) bond motifs is 1. The summed E-state index contributed by atoms with van der Waals surface area (Å²) < 4.78 is 13.9. The molecule has 2 heteroatoms. The molecule has 3 rings (SSSR count). The lowest BCUT2D eigenvalue weighted by molar-refractivity contribution is 0.168. The molecule has 2 aromatic carbocycles. The van der Waals surface area contributed by atoms with Crippen molar-refractivity contribution in [3.63, 3.8) is 0 Å². The van der Waals surface area contributed by atoms with Crippen LogP contribution in [-0.2, 0) is 19.4 Å². The summed E-state index contributed by atoms with van der Waals surface area (Å²) >= 11 is 0. The van der Waals surface area contributed by atoms with Gasteiger partial charge in [0.15, 0.2) is 0 Å². The van der Waals surface area contributed by atoms with Crippen LogP contribution < -0.4 is 0 Å². The van der Waals surface area contributed by atoms with E-state index in [-0.39, 0.29) is 5.82 Å². The van der Waals surface area contributed by atoms with Crippen molar-refractivity contribution < 1.29 is 4.39 Å². The van der Waals surface area contributed by atoms with E-state index in [2.05, 4.69) is 48.2 Å². The van der Waals surface area contributed by atoms with E-state index < -0.39 is 0 Å². The Balaban J connectivity index is 1.75. The zero-order chi connectivity index (χ0) is 16.1. The summed E-state index contributed by atoms with van der Waals surface area (Å²) in [5, 5.41) is 0. The van der Waals surface area contributed by atoms with Crippen molar-refractivity contribution in [2.45, 2.75) is 51.6 Å². The molecule has 1 nitrogen and oxygen atoms in total. The quantitative estimate of drug-likeness (QED) is 0.727. The fourth-order valence-electron chi connectivity index (χ4n) is 3.62. The Morgan fingerprint density at radius 3 is 2.70 bits per heavy atom. The predicted molar refractivity (Wildman–Crippen MR) is 94.0 cm³/mol. The monoisotopic (exact) mass is 311 g/mol. The fourth-order valence-corrected chi connectivity index (χ4v) is 3.62. The van der Waals surface area contributed by atoms with Gasteiger partial charge in [0, 0.05) is 12.6 Å². The molecule has 0 saturated carbocycles. The first-order chi connectivity index (χ1) is 11.3. The van der Waals surface area contributed by atoms with Crippen LogP contribution in [0, 0.1) is 5.82 Å². The molecule has 2 aromatic rings. The summed E-state index contributed by atoms with van der Waals surface area (Å²) in [7, 11) is 0. The molecule has 0 radical (unpaired) electrons. The molecule has 0 saturated heterocycles. The van der Waals surface area contributed by atoms with Crippen molar-refractivity contribution in [3.8, 4) is 0 Å². The number of benzene rings is 2. The zero-order valence-corrected chi connectivity index (χ0v) is 14.0. The highest BCUT2D eigenvalue weighted by molar-refractivity contribution is 5.32. The molecule has 0 bridgehead atoms. The van der Waals surface area contributed by atoms with Crippen molar-refractivity contribution in [2.24, 2.45) is 0 Å². The van der Waals surface area contributed by atoms with Gasteiger partial charge in [-0.1, -0.05) is 55.8 Å². The first-order valence-electron chi connectivity index (χ1n) is 8.82. The molecule has 1 aliphatic rings. The van der Waals surface area contributed by atoms with Crippen LogP contribution in [0.4, 0.5) is 4.39 Å². The number of hydrogen-bond acceptors (Lipinski definition) is 1. The summed E-state index contributed by atoms with van der Waals surface area (Å²) in [4.78, 5) is 2.60. The first kappa shape index (κ1) is 16.2. The molecule has 23 heavy (non-hydrogen) atoms. The van der Waals surface area contributed by atoms with E-state index >= 15 is 0 Å². The van der Waals surface area contributed by atoms with Crippen LogP contribution in [0.5, 0.6) is 0 Å².